The number of nitrogens with zero attached hydrogens (tertiary/aromatic N) is 2. The molecule has 5 nitrogen and oxygen atoms in total. The fraction of sp³-hybridized carbons (Fsp3) is 0.214. The highest BCUT2D eigenvalue weighted by atomic mass is 79.9. The fourth-order valence-electron chi connectivity index (χ4n) is 1.83. The van der Waals surface area contributed by atoms with E-state index in [0.717, 1.165) is 11.4 Å². The largest absolute Gasteiger partial charge is 0.487 e. The van der Waals surface area contributed by atoms with E-state index in [1.165, 1.54) is 18.2 Å². The molecule has 0 saturated carbocycles. The second kappa shape index (κ2) is 6.87. The van der Waals surface area contributed by atoms with Crippen LogP contribution in [0.5, 0.6) is 5.75 Å². The molecule has 0 bridgehead atoms. The molecule has 0 fully saturated rings. The molecule has 21 heavy (non-hydrogen) atoms. The zero-order chi connectivity index (χ0) is 15.4. The molecular weight excluding hydrogens is 360 g/mol. The summed E-state index contributed by atoms with van der Waals surface area (Å²) in [6.45, 7) is 1.94. The summed E-state index contributed by atoms with van der Waals surface area (Å²) in [5.41, 5.74) is 2.04. The molecule has 0 radical (unpaired) electrons. The smallest absolute Gasteiger partial charge is 0.276 e. The van der Waals surface area contributed by atoms with Crippen molar-refractivity contribution in [2.45, 2.75) is 18.9 Å². The van der Waals surface area contributed by atoms with Crippen molar-refractivity contribution in [1.29, 1.82) is 0 Å². The Morgan fingerprint density at radius 3 is 2.81 bits per heavy atom. The predicted octanol–water partition coefficient (Wildman–Crippen LogP) is 4.43. The Balaban J connectivity index is 2.24. The molecular formula is C14H12BrClN2O3. The molecule has 0 unspecified atom stereocenters. The average molecular weight is 372 g/mol. The summed E-state index contributed by atoms with van der Waals surface area (Å²) in [4.78, 5) is 14.9. The van der Waals surface area contributed by atoms with Crippen molar-refractivity contribution < 1.29 is 9.66 Å². The summed E-state index contributed by atoms with van der Waals surface area (Å²) in [5.74, 6) is 0.590. The Morgan fingerprint density at radius 1 is 1.38 bits per heavy atom. The minimum Gasteiger partial charge on any atom is -0.487 e. The van der Waals surface area contributed by atoms with Crippen LogP contribution in [-0.4, -0.2) is 9.91 Å². The molecule has 0 N–H and O–H groups in total. The summed E-state index contributed by atoms with van der Waals surface area (Å²) in [6, 6.07) is 8.03. The molecule has 7 heteroatoms. The molecule has 2 aromatic rings. The maximum atomic E-state index is 11.0. The van der Waals surface area contributed by atoms with Crippen molar-refractivity contribution in [1.82, 2.24) is 4.98 Å². The lowest BCUT2D eigenvalue weighted by atomic mass is 10.2. The van der Waals surface area contributed by atoms with Crippen LogP contribution in [0.3, 0.4) is 0 Å². The van der Waals surface area contributed by atoms with Gasteiger partial charge in [0.15, 0.2) is 0 Å². The molecule has 0 spiro atoms. The fourth-order valence-corrected chi connectivity index (χ4v) is 2.42. The van der Waals surface area contributed by atoms with Crippen LogP contribution in [0, 0.1) is 17.0 Å². The molecule has 110 valence electrons. The van der Waals surface area contributed by atoms with Gasteiger partial charge in [0.2, 0.25) is 0 Å². The molecule has 0 aliphatic rings. The van der Waals surface area contributed by atoms with Crippen molar-refractivity contribution in [2.75, 3.05) is 0 Å². The lowest BCUT2D eigenvalue weighted by molar-refractivity contribution is -0.385. The van der Waals surface area contributed by atoms with E-state index in [0.29, 0.717) is 21.7 Å². The molecule has 1 aromatic carbocycles. The first-order valence-corrected chi connectivity index (χ1v) is 7.59. The summed E-state index contributed by atoms with van der Waals surface area (Å²) in [6.07, 6.45) is 0. The molecule has 0 aliphatic carbocycles. The van der Waals surface area contributed by atoms with E-state index in [1.807, 2.05) is 13.0 Å². The number of hydrogen-bond donors (Lipinski definition) is 0. The van der Waals surface area contributed by atoms with Gasteiger partial charge < -0.3 is 4.74 Å². The van der Waals surface area contributed by atoms with Crippen LogP contribution in [0.4, 0.5) is 5.69 Å². The van der Waals surface area contributed by atoms with Gasteiger partial charge in [-0.1, -0.05) is 27.5 Å². The van der Waals surface area contributed by atoms with Crippen LogP contribution in [-0.2, 0) is 11.9 Å². The van der Waals surface area contributed by atoms with Crippen LogP contribution in [0.15, 0.2) is 30.3 Å². The molecule has 0 atom stereocenters. The monoisotopic (exact) mass is 370 g/mol. The first-order chi connectivity index (χ1) is 10.0. The van der Waals surface area contributed by atoms with Crippen molar-refractivity contribution in [3.63, 3.8) is 0 Å². The first kappa shape index (κ1) is 15.7. The number of rotatable bonds is 5. The zero-order valence-electron chi connectivity index (χ0n) is 11.2. The van der Waals surface area contributed by atoms with Crippen molar-refractivity contribution >= 4 is 33.2 Å². The minimum atomic E-state index is -0.451. The summed E-state index contributed by atoms with van der Waals surface area (Å²) in [5, 5.41) is 12.0. The molecule has 0 amide bonds. The number of alkyl halides is 1. The van der Waals surface area contributed by atoms with Gasteiger partial charge in [0, 0.05) is 22.1 Å². The van der Waals surface area contributed by atoms with E-state index in [4.69, 9.17) is 16.3 Å². The third kappa shape index (κ3) is 3.92. The number of nitro benzene ring substituents is 1. The van der Waals surface area contributed by atoms with Crippen LogP contribution >= 0.6 is 27.5 Å². The summed E-state index contributed by atoms with van der Waals surface area (Å²) >= 11 is 9.23. The van der Waals surface area contributed by atoms with E-state index < -0.39 is 4.92 Å². The first-order valence-electron chi connectivity index (χ1n) is 6.09. The number of pyridine rings is 1. The lowest BCUT2D eigenvalue weighted by Crippen LogP contribution is -2.03. The van der Waals surface area contributed by atoms with Crippen LogP contribution < -0.4 is 4.74 Å². The molecule has 0 saturated heterocycles. The quantitative estimate of drug-likeness (QED) is 0.443. The SMILES string of the molecule is Cc1ccc(OCc2cc(Cl)ccc2[N+](=O)[O-])c(CBr)n1. The highest BCUT2D eigenvalue weighted by molar-refractivity contribution is 9.08. The van der Waals surface area contributed by atoms with Crippen molar-refractivity contribution in [3.8, 4) is 5.75 Å². The average Bonchev–Trinajstić information content (AvgIpc) is 2.45. The van der Waals surface area contributed by atoms with E-state index in [2.05, 4.69) is 20.9 Å². The van der Waals surface area contributed by atoms with Crippen LogP contribution in [0.25, 0.3) is 0 Å². The second-order valence-electron chi connectivity index (χ2n) is 4.35. The number of ether oxygens (including phenoxy) is 1. The van der Waals surface area contributed by atoms with Gasteiger partial charge in [-0.2, -0.15) is 0 Å². The van der Waals surface area contributed by atoms with Gasteiger partial charge in [-0.15, -0.1) is 0 Å². The Hall–Kier alpha value is -1.66. The van der Waals surface area contributed by atoms with Gasteiger partial charge in [0.05, 0.1) is 16.2 Å². The van der Waals surface area contributed by atoms with Gasteiger partial charge in [-0.25, -0.2) is 0 Å². The van der Waals surface area contributed by atoms with Gasteiger partial charge in [0.1, 0.15) is 12.4 Å². The molecule has 1 aromatic heterocycles. The number of nitro groups is 1. The number of benzene rings is 1. The second-order valence-corrected chi connectivity index (χ2v) is 5.35. The van der Waals surface area contributed by atoms with Gasteiger partial charge >= 0.3 is 0 Å². The predicted molar refractivity (Wildman–Crippen MR) is 84.0 cm³/mol. The number of halogens is 2. The molecule has 1 heterocycles. The normalized spacial score (nSPS) is 10.4. The summed E-state index contributed by atoms with van der Waals surface area (Å²) in [7, 11) is 0. The van der Waals surface area contributed by atoms with Crippen LogP contribution in [0.1, 0.15) is 17.0 Å². The third-order valence-corrected chi connectivity index (χ3v) is 3.59. The van der Waals surface area contributed by atoms with Crippen molar-refractivity contribution in [2.24, 2.45) is 0 Å². The molecule has 0 aliphatic heterocycles. The maximum Gasteiger partial charge on any atom is 0.276 e. The maximum absolute atomic E-state index is 11.0. The molecule has 2 rings (SSSR count). The highest BCUT2D eigenvalue weighted by Gasteiger charge is 2.15. The minimum absolute atomic E-state index is 0.0140. The van der Waals surface area contributed by atoms with Crippen LogP contribution in [0.2, 0.25) is 5.02 Å². The Labute approximate surface area is 135 Å². The number of hydrogen-bond acceptors (Lipinski definition) is 4. The van der Waals surface area contributed by atoms with E-state index in [9.17, 15) is 10.1 Å². The Bertz CT molecular complexity index is 679. The number of aryl methyl sites for hydroxylation is 1. The van der Waals surface area contributed by atoms with Gasteiger partial charge in [-0.3, -0.25) is 15.1 Å². The van der Waals surface area contributed by atoms with E-state index in [-0.39, 0.29) is 12.3 Å². The highest BCUT2D eigenvalue weighted by Crippen LogP contribution is 2.26. The zero-order valence-corrected chi connectivity index (χ0v) is 13.5. The van der Waals surface area contributed by atoms with Gasteiger partial charge in [0.25, 0.3) is 5.69 Å². The van der Waals surface area contributed by atoms with E-state index >= 15 is 0 Å². The van der Waals surface area contributed by atoms with E-state index in [1.54, 1.807) is 6.07 Å². The lowest BCUT2D eigenvalue weighted by Gasteiger charge is -2.10. The Morgan fingerprint density at radius 2 is 2.14 bits per heavy atom. The van der Waals surface area contributed by atoms with Crippen molar-refractivity contribution in [3.05, 3.63) is 62.4 Å². The van der Waals surface area contributed by atoms with Gasteiger partial charge in [-0.05, 0) is 31.2 Å². The number of aromatic nitrogens is 1. The Kier molecular flexibility index (Phi) is 5.14. The topological polar surface area (TPSA) is 65.3 Å². The third-order valence-electron chi connectivity index (χ3n) is 2.82. The standard InChI is InChI=1S/C14H12BrClN2O3/c1-9-2-5-14(12(7-15)17-9)21-8-10-6-11(16)3-4-13(10)18(19)20/h2-6H,7-8H2,1H3. The summed E-state index contributed by atoms with van der Waals surface area (Å²) < 4.78 is 5.66.